The minimum atomic E-state index is -0.329. The van der Waals surface area contributed by atoms with E-state index in [1.807, 2.05) is 0 Å². The third-order valence-electron chi connectivity index (χ3n) is 3.43. The summed E-state index contributed by atoms with van der Waals surface area (Å²) in [6, 6.07) is 3.76. The maximum Gasteiger partial charge on any atom is 0.161 e. The lowest BCUT2D eigenvalue weighted by molar-refractivity contribution is 0.263. The summed E-state index contributed by atoms with van der Waals surface area (Å²) in [4.78, 5) is 2.47. The number of nitrogens with one attached hydrogen (secondary N) is 1. The van der Waals surface area contributed by atoms with Gasteiger partial charge in [-0.1, -0.05) is 12.2 Å². The number of halogens is 2. The van der Waals surface area contributed by atoms with E-state index in [2.05, 4.69) is 33.2 Å². The second kappa shape index (κ2) is 6.15. The van der Waals surface area contributed by atoms with Gasteiger partial charge in [-0.2, -0.15) is 0 Å². The Morgan fingerprint density at radius 3 is 2.68 bits per heavy atom. The number of hydrogen-bond donors (Lipinski definition) is 2. The van der Waals surface area contributed by atoms with Crippen LogP contribution in [0, 0.1) is 5.82 Å². The summed E-state index contributed by atoms with van der Waals surface area (Å²) in [6.45, 7) is 2.07. The van der Waals surface area contributed by atoms with E-state index in [1.54, 1.807) is 12.1 Å². The number of hydrogen-bond acceptors (Lipinski definition) is 3. The van der Waals surface area contributed by atoms with Gasteiger partial charge in [-0.15, -0.1) is 0 Å². The standard InChI is InChI=1S/C13H17BrFN3S/c1-18-6-4-8(5-7-18)17-10-3-2-9(13(16)19)11(14)12(10)15/h2-3,8,17H,4-7H2,1H3,(H2,16,19). The molecule has 1 aliphatic rings. The van der Waals surface area contributed by atoms with Crippen LogP contribution in [0.3, 0.4) is 0 Å². The molecule has 0 radical (unpaired) electrons. The molecule has 0 saturated carbocycles. The van der Waals surface area contributed by atoms with Crippen LogP contribution in [0.1, 0.15) is 18.4 Å². The van der Waals surface area contributed by atoms with Crippen LogP contribution < -0.4 is 11.1 Å². The van der Waals surface area contributed by atoms with Gasteiger partial charge < -0.3 is 16.0 Å². The first-order valence-electron chi connectivity index (χ1n) is 6.22. The summed E-state index contributed by atoms with van der Waals surface area (Å²) < 4.78 is 14.6. The molecule has 0 aromatic heterocycles. The van der Waals surface area contributed by atoms with Gasteiger partial charge in [-0.25, -0.2) is 4.39 Å². The summed E-state index contributed by atoms with van der Waals surface area (Å²) in [5, 5.41) is 3.26. The molecule has 1 saturated heterocycles. The molecule has 1 fully saturated rings. The number of rotatable bonds is 3. The number of thiocarbonyl (C=S) groups is 1. The van der Waals surface area contributed by atoms with E-state index < -0.39 is 0 Å². The first kappa shape index (κ1) is 14.7. The monoisotopic (exact) mass is 345 g/mol. The van der Waals surface area contributed by atoms with Crippen LogP contribution in [-0.2, 0) is 0 Å². The van der Waals surface area contributed by atoms with E-state index in [-0.39, 0.29) is 10.8 Å². The minimum absolute atomic E-state index is 0.191. The molecule has 0 aliphatic carbocycles. The fourth-order valence-corrected chi connectivity index (χ4v) is 3.08. The molecule has 0 spiro atoms. The van der Waals surface area contributed by atoms with Gasteiger partial charge in [-0.3, -0.25) is 0 Å². The number of piperidine rings is 1. The molecule has 104 valence electrons. The Labute approximate surface area is 126 Å². The largest absolute Gasteiger partial charge is 0.389 e. The van der Waals surface area contributed by atoms with Gasteiger partial charge in [0, 0.05) is 11.6 Å². The van der Waals surface area contributed by atoms with E-state index in [0.29, 0.717) is 21.8 Å². The van der Waals surface area contributed by atoms with Crippen molar-refractivity contribution in [3.63, 3.8) is 0 Å². The van der Waals surface area contributed by atoms with Crippen molar-refractivity contribution in [1.82, 2.24) is 4.90 Å². The van der Waals surface area contributed by atoms with Crippen molar-refractivity contribution in [2.75, 3.05) is 25.5 Å². The van der Waals surface area contributed by atoms with Crippen molar-refractivity contribution < 1.29 is 4.39 Å². The fourth-order valence-electron chi connectivity index (χ4n) is 2.22. The summed E-state index contributed by atoms with van der Waals surface area (Å²) in [5.41, 5.74) is 6.57. The zero-order chi connectivity index (χ0) is 14.0. The van der Waals surface area contributed by atoms with E-state index in [4.69, 9.17) is 18.0 Å². The molecule has 19 heavy (non-hydrogen) atoms. The molecule has 0 unspecified atom stereocenters. The Kier molecular flexibility index (Phi) is 4.76. The van der Waals surface area contributed by atoms with Crippen molar-refractivity contribution in [2.24, 2.45) is 5.73 Å². The third kappa shape index (κ3) is 3.43. The molecule has 2 rings (SSSR count). The maximum atomic E-state index is 14.2. The first-order chi connectivity index (χ1) is 8.99. The Morgan fingerprint density at radius 1 is 1.47 bits per heavy atom. The summed E-state index contributed by atoms with van der Waals surface area (Å²) in [6.07, 6.45) is 2.04. The van der Waals surface area contributed by atoms with Crippen LogP contribution in [0.5, 0.6) is 0 Å². The van der Waals surface area contributed by atoms with Crippen molar-refractivity contribution >= 4 is 38.8 Å². The van der Waals surface area contributed by atoms with E-state index >= 15 is 0 Å². The predicted molar refractivity (Wildman–Crippen MR) is 84.1 cm³/mol. The second-order valence-corrected chi connectivity index (χ2v) is 6.11. The normalized spacial score (nSPS) is 17.4. The molecular formula is C13H17BrFN3S. The highest BCUT2D eigenvalue weighted by molar-refractivity contribution is 9.10. The van der Waals surface area contributed by atoms with Crippen molar-refractivity contribution in [3.8, 4) is 0 Å². The van der Waals surface area contributed by atoms with Crippen molar-refractivity contribution in [2.45, 2.75) is 18.9 Å². The molecule has 3 N–H and O–H groups in total. The average Bonchev–Trinajstić information content (AvgIpc) is 2.37. The lowest BCUT2D eigenvalue weighted by Gasteiger charge is -2.30. The van der Waals surface area contributed by atoms with E-state index in [1.165, 1.54) is 0 Å². The number of nitrogens with two attached hydrogens (primary N) is 1. The topological polar surface area (TPSA) is 41.3 Å². The Morgan fingerprint density at radius 2 is 2.11 bits per heavy atom. The molecule has 3 nitrogen and oxygen atoms in total. The molecule has 1 aliphatic heterocycles. The number of anilines is 1. The Bertz CT molecular complexity index is 487. The smallest absolute Gasteiger partial charge is 0.161 e. The van der Waals surface area contributed by atoms with Gasteiger partial charge in [0.15, 0.2) is 5.82 Å². The molecule has 0 bridgehead atoms. The van der Waals surface area contributed by atoms with Crippen LogP contribution in [0.15, 0.2) is 16.6 Å². The van der Waals surface area contributed by atoms with Gasteiger partial charge in [0.25, 0.3) is 0 Å². The molecule has 1 aromatic rings. The van der Waals surface area contributed by atoms with Crippen LogP contribution in [0.25, 0.3) is 0 Å². The number of likely N-dealkylation sites (tertiary alicyclic amines) is 1. The highest BCUT2D eigenvalue weighted by Gasteiger charge is 2.19. The molecule has 0 amide bonds. The number of nitrogens with zero attached hydrogens (tertiary/aromatic N) is 1. The van der Waals surface area contributed by atoms with E-state index in [0.717, 1.165) is 25.9 Å². The SMILES string of the molecule is CN1CCC(Nc2ccc(C(N)=S)c(Br)c2F)CC1. The lowest BCUT2D eigenvalue weighted by Crippen LogP contribution is -2.36. The maximum absolute atomic E-state index is 14.2. The first-order valence-corrected chi connectivity index (χ1v) is 7.42. The highest BCUT2D eigenvalue weighted by Crippen LogP contribution is 2.28. The minimum Gasteiger partial charge on any atom is -0.389 e. The zero-order valence-electron chi connectivity index (χ0n) is 10.7. The average molecular weight is 346 g/mol. The fraction of sp³-hybridized carbons (Fsp3) is 0.462. The van der Waals surface area contributed by atoms with Crippen molar-refractivity contribution in [3.05, 3.63) is 28.0 Å². The van der Waals surface area contributed by atoms with Gasteiger partial charge in [0.05, 0.1) is 10.2 Å². The summed E-state index contributed by atoms with van der Waals surface area (Å²) in [7, 11) is 2.10. The summed E-state index contributed by atoms with van der Waals surface area (Å²) >= 11 is 8.10. The van der Waals surface area contributed by atoms with Gasteiger partial charge in [0.1, 0.15) is 4.99 Å². The molecular weight excluding hydrogens is 329 g/mol. The van der Waals surface area contributed by atoms with Crippen LogP contribution in [0.4, 0.5) is 10.1 Å². The number of benzene rings is 1. The Balaban J connectivity index is 2.13. The van der Waals surface area contributed by atoms with Crippen LogP contribution in [-0.4, -0.2) is 36.1 Å². The van der Waals surface area contributed by atoms with Gasteiger partial charge in [0.2, 0.25) is 0 Å². The molecule has 6 heteroatoms. The third-order valence-corrected chi connectivity index (χ3v) is 4.42. The summed E-state index contributed by atoms with van der Waals surface area (Å²) in [5.74, 6) is -0.329. The molecule has 1 heterocycles. The Hall–Kier alpha value is -0.720. The molecule has 1 aromatic carbocycles. The predicted octanol–water partition coefficient (Wildman–Crippen LogP) is 2.73. The van der Waals surface area contributed by atoms with Crippen LogP contribution in [0.2, 0.25) is 0 Å². The van der Waals surface area contributed by atoms with Gasteiger partial charge in [-0.05, 0) is 61.0 Å². The quantitative estimate of drug-likeness (QED) is 0.826. The zero-order valence-corrected chi connectivity index (χ0v) is 13.2. The van der Waals surface area contributed by atoms with Gasteiger partial charge >= 0.3 is 0 Å². The van der Waals surface area contributed by atoms with Crippen LogP contribution >= 0.6 is 28.1 Å². The van der Waals surface area contributed by atoms with E-state index in [9.17, 15) is 4.39 Å². The highest BCUT2D eigenvalue weighted by atomic mass is 79.9. The lowest BCUT2D eigenvalue weighted by atomic mass is 10.0. The molecule has 0 atom stereocenters. The van der Waals surface area contributed by atoms with Crippen molar-refractivity contribution in [1.29, 1.82) is 0 Å². The second-order valence-electron chi connectivity index (χ2n) is 4.87.